The fourth-order valence-corrected chi connectivity index (χ4v) is 1.96. The highest BCUT2D eigenvalue weighted by Gasteiger charge is 2.06. The number of anilines is 1. The number of nitrogens with one attached hydrogen (secondary N) is 2. The fourth-order valence-electron chi connectivity index (χ4n) is 1.96. The van der Waals surface area contributed by atoms with E-state index in [2.05, 4.69) is 17.2 Å². The van der Waals surface area contributed by atoms with E-state index in [4.69, 9.17) is 0 Å². The quantitative estimate of drug-likeness (QED) is 0.561. The fraction of sp³-hybridized carbons (Fsp3) is 0.357. The second-order valence-corrected chi connectivity index (χ2v) is 4.38. The molecule has 1 aromatic carbocycles. The molecule has 0 bridgehead atoms. The predicted molar refractivity (Wildman–Crippen MR) is 74.2 cm³/mol. The first-order valence-corrected chi connectivity index (χ1v) is 6.31. The highest BCUT2D eigenvalue weighted by Crippen LogP contribution is 2.30. The number of phenols is 1. The topological polar surface area (TPSA) is 65.1 Å². The molecular weight excluding hydrogens is 228 g/mol. The van der Waals surface area contributed by atoms with E-state index in [0.717, 1.165) is 13.0 Å². The maximum Gasteiger partial charge on any atom is 0.248 e. The molecule has 4 heteroatoms. The number of pyridine rings is 1. The average molecular weight is 246 g/mol. The van der Waals surface area contributed by atoms with E-state index < -0.39 is 0 Å². The first kappa shape index (κ1) is 12.5. The van der Waals surface area contributed by atoms with Crippen LogP contribution in [0, 0.1) is 0 Å². The molecule has 0 spiro atoms. The maximum atomic E-state index is 11.2. The van der Waals surface area contributed by atoms with Crippen molar-refractivity contribution in [1.82, 2.24) is 4.98 Å². The highest BCUT2D eigenvalue weighted by atomic mass is 16.3. The van der Waals surface area contributed by atoms with Crippen molar-refractivity contribution in [3.63, 3.8) is 0 Å². The summed E-state index contributed by atoms with van der Waals surface area (Å²) < 4.78 is 0. The number of H-pyrrole nitrogens is 1. The second-order valence-electron chi connectivity index (χ2n) is 4.38. The van der Waals surface area contributed by atoms with Gasteiger partial charge >= 0.3 is 0 Å². The summed E-state index contributed by atoms with van der Waals surface area (Å²) in [5, 5.41) is 14.0. The molecule has 0 amide bonds. The molecule has 3 N–H and O–H groups in total. The standard InChI is InChI=1S/C14H18N2O2/c1-2-3-4-9-15-12-7-6-11-10(14(12)18)5-8-13(17)16-11/h5-8,15,18H,2-4,9H2,1H3,(H,16,17). The van der Waals surface area contributed by atoms with Crippen molar-refractivity contribution in [1.29, 1.82) is 0 Å². The van der Waals surface area contributed by atoms with Gasteiger partial charge in [0.05, 0.1) is 11.2 Å². The van der Waals surface area contributed by atoms with E-state index in [1.54, 1.807) is 18.2 Å². The van der Waals surface area contributed by atoms with Gasteiger partial charge in [-0.1, -0.05) is 19.8 Å². The van der Waals surface area contributed by atoms with E-state index in [-0.39, 0.29) is 11.3 Å². The van der Waals surface area contributed by atoms with Crippen molar-refractivity contribution in [3.05, 3.63) is 34.6 Å². The lowest BCUT2D eigenvalue weighted by atomic mass is 10.1. The molecule has 0 aliphatic carbocycles. The number of hydrogen-bond donors (Lipinski definition) is 3. The average Bonchev–Trinajstić information content (AvgIpc) is 2.37. The van der Waals surface area contributed by atoms with E-state index in [0.29, 0.717) is 16.6 Å². The minimum absolute atomic E-state index is 0.162. The Hall–Kier alpha value is -1.97. The van der Waals surface area contributed by atoms with Crippen molar-refractivity contribution in [2.75, 3.05) is 11.9 Å². The molecule has 0 fully saturated rings. The number of phenolic OH excluding ortho intramolecular Hbond substituents is 1. The zero-order chi connectivity index (χ0) is 13.0. The lowest BCUT2D eigenvalue weighted by Gasteiger charge is -2.10. The number of benzene rings is 1. The van der Waals surface area contributed by atoms with Gasteiger partial charge in [-0.2, -0.15) is 0 Å². The second kappa shape index (κ2) is 5.58. The van der Waals surface area contributed by atoms with Gasteiger partial charge in [0.15, 0.2) is 0 Å². The molecule has 0 saturated heterocycles. The minimum Gasteiger partial charge on any atom is -0.505 e. The first-order chi connectivity index (χ1) is 8.72. The SMILES string of the molecule is CCCCCNc1ccc2[nH]c(=O)ccc2c1O. The van der Waals surface area contributed by atoms with Crippen LogP contribution in [0.2, 0.25) is 0 Å². The lowest BCUT2D eigenvalue weighted by molar-refractivity contribution is 0.483. The van der Waals surface area contributed by atoms with Crippen LogP contribution in [0.3, 0.4) is 0 Å². The van der Waals surface area contributed by atoms with Gasteiger partial charge in [-0.15, -0.1) is 0 Å². The van der Waals surface area contributed by atoms with Gasteiger partial charge in [0, 0.05) is 18.0 Å². The highest BCUT2D eigenvalue weighted by molar-refractivity contribution is 5.90. The Kier molecular flexibility index (Phi) is 3.87. The van der Waals surface area contributed by atoms with Gasteiger partial charge < -0.3 is 15.4 Å². The van der Waals surface area contributed by atoms with Gasteiger partial charge in [0.2, 0.25) is 5.56 Å². The van der Waals surface area contributed by atoms with Gasteiger partial charge in [0.25, 0.3) is 0 Å². The monoisotopic (exact) mass is 246 g/mol. The van der Waals surface area contributed by atoms with Crippen LogP contribution in [0.1, 0.15) is 26.2 Å². The van der Waals surface area contributed by atoms with Crippen molar-refractivity contribution in [2.45, 2.75) is 26.2 Å². The van der Waals surface area contributed by atoms with Crippen LogP contribution >= 0.6 is 0 Å². The largest absolute Gasteiger partial charge is 0.505 e. The summed E-state index contributed by atoms with van der Waals surface area (Å²) in [6.45, 7) is 3.00. The molecule has 1 aromatic heterocycles. The molecule has 96 valence electrons. The van der Waals surface area contributed by atoms with E-state index >= 15 is 0 Å². The van der Waals surface area contributed by atoms with Gasteiger partial charge in [-0.25, -0.2) is 0 Å². The Labute approximate surface area is 106 Å². The zero-order valence-electron chi connectivity index (χ0n) is 10.5. The molecular formula is C14H18N2O2. The normalized spacial score (nSPS) is 10.7. The summed E-state index contributed by atoms with van der Waals surface area (Å²) >= 11 is 0. The van der Waals surface area contributed by atoms with Crippen LogP contribution in [0.15, 0.2) is 29.1 Å². The molecule has 0 aliphatic heterocycles. The Morgan fingerprint density at radius 1 is 1.22 bits per heavy atom. The molecule has 0 saturated carbocycles. The number of unbranched alkanes of at least 4 members (excludes halogenated alkanes) is 2. The molecule has 0 unspecified atom stereocenters. The van der Waals surface area contributed by atoms with E-state index in [1.807, 2.05) is 0 Å². The number of rotatable bonds is 5. The minimum atomic E-state index is -0.162. The molecule has 18 heavy (non-hydrogen) atoms. The number of hydrogen-bond acceptors (Lipinski definition) is 3. The van der Waals surface area contributed by atoms with Crippen molar-refractivity contribution in [3.8, 4) is 5.75 Å². The number of fused-ring (bicyclic) bond motifs is 1. The Balaban J connectivity index is 2.22. The molecule has 2 aromatic rings. The maximum absolute atomic E-state index is 11.2. The lowest BCUT2D eigenvalue weighted by Crippen LogP contribution is -2.04. The summed E-state index contributed by atoms with van der Waals surface area (Å²) in [4.78, 5) is 13.9. The third-order valence-corrected chi connectivity index (χ3v) is 2.97. The Bertz CT molecular complexity index is 590. The summed E-state index contributed by atoms with van der Waals surface area (Å²) in [7, 11) is 0. The Morgan fingerprint density at radius 2 is 2.06 bits per heavy atom. The van der Waals surface area contributed by atoms with Crippen molar-refractivity contribution >= 4 is 16.6 Å². The third kappa shape index (κ3) is 2.64. The van der Waals surface area contributed by atoms with Crippen LogP contribution in [0.25, 0.3) is 10.9 Å². The molecule has 0 aliphatic rings. The Morgan fingerprint density at radius 3 is 2.83 bits per heavy atom. The first-order valence-electron chi connectivity index (χ1n) is 6.31. The molecule has 4 nitrogen and oxygen atoms in total. The van der Waals surface area contributed by atoms with Gasteiger partial charge in [-0.05, 0) is 24.6 Å². The summed E-state index contributed by atoms with van der Waals surface area (Å²) in [6.07, 6.45) is 3.43. The van der Waals surface area contributed by atoms with Crippen LogP contribution in [-0.4, -0.2) is 16.6 Å². The molecule has 0 atom stereocenters. The van der Waals surface area contributed by atoms with Crippen LogP contribution in [0.4, 0.5) is 5.69 Å². The van der Waals surface area contributed by atoms with Gasteiger partial charge in [0.1, 0.15) is 5.75 Å². The van der Waals surface area contributed by atoms with Crippen LogP contribution < -0.4 is 10.9 Å². The third-order valence-electron chi connectivity index (χ3n) is 2.97. The zero-order valence-corrected chi connectivity index (χ0v) is 10.5. The van der Waals surface area contributed by atoms with Crippen LogP contribution in [0.5, 0.6) is 5.75 Å². The van der Waals surface area contributed by atoms with E-state index in [1.165, 1.54) is 18.9 Å². The smallest absolute Gasteiger partial charge is 0.248 e. The summed E-state index contributed by atoms with van der Waals surface area (Å²) in [5.74, 6) is 0.195. The predicted octanol–water partition coefficient (Wildman–Crippen LogP) is 2.84. The number of aromatic nitrogens is 1. The van der Waals surface area contributed by atoms with Crippen LogP contribution in [-0.2, 0) is 0 Å². The molecule has 1 heterocycles. The van der Waals surface area contributed by atoms with E-state index in [9.17, 15) is 9.90 Å². The number of aromatic hydroxyl groups is 1. The molecule has 2 rings (SSSR count). The molecule has 0 radical (unpaired) electrons. The van der Waals surface area contributed by atoms with Gasteiger partial charge in [-0.3, -0.25) is 4.79 Å². The summed E-state index contributed by atoms with van der Waals surface area (Å²) in [5.41, 5.74) is 1.20. The number of aromatic amines is 1. The van der Waals surface area contributed by atoms with Crippen molar-refractivity contribution in [2.24, 2.45) is 0 Å². The summed E-state index contributed by atoms with van der Waals surface area (Å²) in [6, 6.07) is 6.65. The van der Waals surface area contributed by atoms with Crippen molar-refractivity contribution < 1.29 is 5.11 Å².